The second kappa shape index (κ2) is 9.03. The zero-order valence-electron chi connectivity index (χ0n) is 16.5. The number of rotatable bonds is 8. The van der Waals surface area contributed by atoms with Crippen LogP contribution in [0.3, 0.4) is 0 Å². The summed E-state index contributed by atoms with van der Waals surface area (Å²) in [6.45, 7) is 9.60. The SMILES string of the molecule is CCOCNC(=O)C(c1ccc2c(cnn2CC(C)C)c1)c1snc(C)c1Cl. The van der Waals surface area contributed by atoms with E-state index in [1.54, 1.807) is 0 Å². The van der Waals surface area contributed by atoms with Crippen LogP contribution in [0, 0.1) is 12.8 Å². The molecule has 0 aliphatic carbocycles. The van der Waals surface area contributed by atoms with Gasteiger partial charge in [0.2, 0.25) is 5.91 Å². The highest BCUT2D eigenvalue weighted by molar-refractivity contribution is 7.06. The predicted octanol–water partition coefficient (Wildman–Crippen LogP) is 4.35. The highest BCUT2D eigenvalue weighted by atomic mass is 35.5. The summed E-state index contributed by atoms with van der Waals surface area (Å²) in [6.07, 6.45) is 1.84. The van der Waals surface area contributed by atoms with Gasteiger partial charge in [0.25, 0.3) is 0 Å². The number of ether oxygens (including phenoxy) is 1. The van der Waals surface area contributed by atoms with Crippen molar-refractivity contribution in [2.75, 3.05) is 13.3 Å². The van der Waals surface area contributed by atoms with Crippen LogP contribution < -0.4 is 5.32 Å². The van der Waals surface area contributed by atoms with E-state index in [0.717, 1.165) is 33.6 Å². The Hall–Kier alpha value is -1.96. The Morgan fingerprint density at radius 2 is 2.18 bits per heavy atom. The lowest BCUT2D eigenvalue weighted by atomic mass is 9.95. The molecular formula is C20H25ClN4O2S. The van der Waals surface area contributed by atoms with Gasteiger partial charge in [0.1, 0.15) is 12.6 Å². The average Bonchev–Trinajstić information content (AvgIpc) is 3.20. The summed E-state index contributed by atoms with van der Waals surface area (Å²) in [5.74, 6) is -0.205. The molecule has 0 bridgehead atoms. The van der Waals surface area contributed by atoms with E-state index in [1.807, 2.05) is 42.9 Å². The molecule has 150 valence electrons. The molecule has 1 atom stereocenters. The van der Waals surface area contributed by atoms with Crippen LogP contribution in [0.1, 0.15) is 42.8 Å². The molecule has 1 amide bonds. The van der Waals surface area contributed by atoms with Crippen LogP contribution in [-0.4, -0.2) is 33.4 Å². The number of hydrogen-bond acceptors (Lipinski definition) is 5. The first-order chi connectivity index (χ1) is 13.4. The minimum absolute atomic E-state index is 0.159. The first-order valence-electron chi connectivity index (χ1n) is 9.35. The van der Waals surface area contributed by atoms with Crippen molar-refractivity contribution in [2.24, 2.45) is 5.92 Å². The third-order valence-electron chi connectivity index (χ3n) is 4.43. The number of halogens is 1. The van der Waals surface area contributed by atoms with Gasteiger partial charge >= 0.3 is 0 Å². The van der Waals surface area contributed by atoms with Crippen molar-refractivity contribution in [3.8, 4) is 0 Å². The van der Waals surface area contributed by atoms with Gasteiger partial charge in [-0.05, 0) is 49.0 Å². The summed E-state index contributed by atoms with van der Waals surface area (Å²) in [6, 6.07) is 6.00. The molecule has 1 N–H and O–H groups in total. The fourth-order valence-corrected chi connectivity index (χ4v) is 4.29. The van der Waals surface area contributed by atoms with Gasteiger partial charge in [0.15, 0.2) is 0 Å². The molecule has 0 saturated heterocycles. The Bertz CT molecular complexity index is 966. The summed E-state index contributed by atoms with van der Waals surface area (Å²) in [4.78, 5) is 13.7. The second-order valence-electron chi connectivity index (χ2n) is 7.10. The highest BCUT2D eigenvalue weighted by Crippen LogP contribution is 2.36. The van der Waals surface area contributed by atoms with Crippen LogP contribution in [-0.2, 0) is 16.1 Å². The third kappa shape index (κ3) is 4.37. The number of nitrogens with one attached hydrogen (secondary N) is 1. The van der Waals surface area contributed by atoms with Gasteiger partial charge in [-0.1, -0.05) is 31.5 Å². The van der Waals surface area contributed by atoms with Gasteiger partial charge in [-0.25, -0.2) is 0 Å². The molecule has 6 nitrogen and oxygen atoms in total. The maximum atomic E-state index is 13.0. The van der Waals surface area contributed by atoms with Gasteiger partial charge in [-0.3, -0.25) is 9.48 Å². The Labute approximate surface area is 174 Å². The number of aromatic nitrogens is 3. The Morgan fingerprint density at radius 3 is 2.82 bits per heavy atom. The fraction of sp³-hybridized carbons (Fsp3) is 0.450. The topological polar surface area (TPSA) is 69.0 Å². The largest absolute Gasteiger partial charge is 0.362 e. The number of benzene rings is 1. The van der Waals surface area contributed by atoms with Gasteiger partial charge in [-0.2, -0.15) is 9.47 Å². The Morgan fingerprint density at radius 1 is 1.39 bits per heavy atom. The first kappa shape index (κ1) is 20.8. The van der Waals surface area contributed by atoms with Gasteiger partial charge in [0.05, 0.1) is 27.3 Å². The first-order valence-corrected chi connectivity index (χ1v) is 10.5. The number of fused-ring (bicyclic) bond motifs is 1. The zero-order chi connectivity index (χ0) is 20.3. The molecule has 1 aromatic carbocycles. The van der Waals surface area contributed by atoms with Crippen molar-refractivity contribution in [3.05, 3.63) is 45.6 Å². The molecule has 0 fully saturated rings. The van der Waals surface area contributed by atoms with Crippen molar-refractivity contribution >= 4 is 39.9 Å². The van der Waals surface area contributed by atoms with Crippen molar-refractivity contribution in [3.63, 3.8) is 0 Å². The summed E-state index contributed by atoms with van der Waals surface area (Å²) in [7, 11) is 0. The molecule has 1 unspecified atom stereocenters. The zero-order valence-corrected chi connectivity index (χ0v) is 18.1. The third-order valence-corrected chi connectivity index (χ3v) is 6.02. The molecular weight excluding hydrogens is 396 g/mol. The van der Waals surface area contributed by atoms with E-state index in [-0.39, 0.29) is 12.6 Å². The lowest BCUT2D eigenvalue weighted by molar-refractivity contribution is -0.123. The van der Waals surface area contributed by atoms with Crippen LogP contribution >= 0.6 is 23.1 Å². The Kier molecular flexibility index (Phi) is 6.69. The smallest absolute Gasteiger partial charge is 0.234 e. The van der Waals surface area contributed by atoms with Crippen molar-refractivity contribution in [1.29, 1.82) is 0 Å². The maximum absolute atomic E-state index is 13.0. The predicted molar refractivity (Wildman–Crippen MR) is 113 cm³/mol. The van der Waals surface area contributed by atoms with Crippen molar-refractivity contribution < 1.29 is 9.53 Å². The van der Waals surface area contributed by atoms with E-state index in [9.17, 15) is 4.79 Å². The molecule has 8 heteroatoms. The highest BCUT2D eigenvalue weighted by Gasteiger charge is 2.28. The standard InChI is InChI=1S/C20H25ClN4O2S/c1-5-27-11-22-20(26)17(19-18(21)13(4)24-28-19)14-6-7-16-15(8-14)9-23-25(16)10-12(2)3/h6-9,12,17H,5,10-11H2,1-4H3,(H,22,26). The number of hydrogen-bond donors (Lipinski definition) is 1. The monoisotopic (exact) mass is 420 g/mol. The molecule has 3 rings (SSSR count). The normalized spacial score (nSPS) is 12.6. The number of nitrogens with zero attached hydrogens (tertiary/aromatic N) is 3. The molecule has 0 spiro atoms. The number of carbonyl (C=O) groups is 1. The van der Waals surface area contributed by atoms with E-state index < -0.39 is 5.92 Å². The maximum Gasteiger partial charge on any atom is 0.234 e. The van der Waals surface area contributed by atoms with E-state index in [4.69, 9.17) is 16.3 Å². The number of amides is 1. The van der Waals surface area contributed by atoms with Crippen LogP contribution in [0.4, 0.5) is 0 Å². The summed E-state index contributed by atoms with van der Waals surface area (Å²) >= 11 is 7.72. The average molecular weight is 421 g/mol. The minimum Gasteiger partial charge on any atom is -0.362 e. The molecule has 3 aromatic rings. The fourth-order valence-electron chi connectivity index (χ4n) is 3.08. The summed E-state index contributed by atoms with van der Waals surface area (Å²) < 4.78 is 11.6. The molecule has 0 aliphatic rings. The molecule has 0 radical (unpaired) electrons. The van der Waals surface area contributed by atoms with E-state index >= 15 is 0 Å². The van der Waals surface area contributed by atoms with Gasteiger partial charge < -0.3 is 10.1 Å². The lowest BCUT2D eigenvalue weighted by Gasteiger charge is -2.17. The van der Waals surface area contributed by atoms with Crippen LogP contribution in [0.15, 0.2) is 24.4 Å². The molecule has 28 heavy (non-hydrogen) atoms. The van der Waals surface area contributed by atoms with Crippen LogP contribution in [0.2, 0.25) is 5.02 Å². The quantitative estimate of drug-likeness (QED) is 0.434. The minimum atomic E-state index is -0.544. The van der Waals surface area contributed by atoms with Crippen LogP contribution in [0.25, 0.3) is 10.9 Å². The van der Waals surface area contributed by atoms with E-state index in [0.29, 0.717) is 17.5 Å². The summed E-state index contributed by atoms with van der Waals surface area (Å²) in [5.41, 5.74) is 2.64. The van der Waals surface area contributed by atoms with Crippen LogP contribution in [0.5, 0.6) is 0 Å². The molecule has 2 aromatic heterocycles. The molecule has 2 heterocycles. The number of carbonyl (C=O) groups excluding carboxylic acids is 1. The van der Waals surface area contributed by atoms with Crippen molar-refractivity contribution in [1.82, 2.24) is 19.5 Å². The van der Waals surface area contributed by atoms with Gasteiger partial charge in [0, 0.05) is 18.5 Å². The van der Waals surface area contributed by atoms with E-state index in [1.165, 1.54) is 11.5 Å². The second-order valence-corrected chi connectivity index (χ2v) is 8.28. The molecule has 0 aliphatic heterocycles. The number of aryl methyl sites for hydroxylation is 1. The molecule has 0 saturated carbocycles. The van der Waals surface area contributed by atoms with Gasteiger partial charge in [-0.15, -0.1) is 0 Å². The Balaban J connectivity index is 1.99. The lowest BCUT2D eigenvalue weighted by Crippen LogP contribution is -2.31. The summed E-state index contributed by atoms with van der Waals surface area (Å²) in [5, 5.41) is 8.87. The van der Waals surface area contributed by atoms with E-state index in [2.05, 4.69) is 28.6 Å². The van der Waals surface area contributed by atoms with Crippen molar-refractivity contribution in [2.45, 2.75) is 40.2 Å².